The minimum Gasteiger partial charge on any atom is -0.314 e. The van der Waals surface area contributed by atoms with E-state index in [-0.39, 0.29) is 11.4 Å². The van der Waals surface area contributed by atoms with E-state index < -0.39 is 0 Å². The van der Waals surface area contributed by atoms with Crippen LogP contribution in [-0.4, -0.2) is 6.03 Å². The first-order valence-corrected chi connectivity index (χ1v) is 6.58. The molecule has 0 atom stereocenters. The standard InChI is InChI=1S/C14H19BrN2O/c1-10(14(2,3)4)9-16-13(18)17-12-7-5-6-11(15)8-12/h5-9H,1-4H3,(H2,16,17,18)/b10-9+. The molecule has 0 aliphatic rings. The lowest BCUT2D eigenvalue weighted by Gasteiger charge is -2.19. The monoisotopic (exact) mass is 310 g/mol. The third-order valence-electron chi connectivity index (χ3n) is 2.69. The van der Waals surface area contributed by atoms with Crippen LogP contribution >= 0.6 is 15.9 Å². The Labute approximate surface area is 117 Å². The van der Waals surface area contributed by atoms with Crippen molar-refractivity contribution in [2.24, 2.45) is 5.41 Å². The van der Waals surface area contributed by atoms with Gasteiger partial charge in [0.1, 0.15) is 0 Å². The zero-order chi connectivity index (χ0) is 13.8. The number of hydrogen-bond acceptors (Lipinski definition) is 1. The van der Waals surface area contributed by atoms with Crippen molar-refractivity contribution in [1.82, 2.24) is 5.32 Å². The van der Waals surface area contributed by atoms with E-state index in [9.17, 15) is 4.79 Å². The Balaban J connectivity index is 2.58. The van der Waals surface area contributed by atoms with Crippen LogP contribution in [0.15, 0.2) is 40.5 Å². The molecule has 2 N–H and O–H groups in total. The predicted octanol–water partition coefficient (Wildman–Crippen LogP) is 4.52. The van der Waals surface area contributed by atoms with Crippen molar-refractivity contribution in [3.8, 4) is 0 Å². The Kier molecular flexibility index (Phi) is 4.96. The van der Waals surface area contributed by atoms with Gasteiger partial charge in [0, 0.05) is 16.4 Å². The predicted molar refractivity (Wildman–Crippen MR) is 79.5 cm³/mol. The van der Waals surface area contributed by atoms with E-state index in [0.717, 1.165) is 15.7 Å². The molecule has 0 unspecified atom stereocenters. The molecular weight excluding hydrogens is 292 g/mol. The van der Waals surface area contributed by atoms with Gasteiger partial charge in [-0.15, -0.1) is 0 Å². The number of allylic oxidation sites excluding steroid dienone is 1. The van der Waals surface area contributed by atoms with Crippen LogP contribution < -0.4 is 10.6 Å². The van der Waals surface area contributed by atoms with Gasteiger partial charge in [0.2, 0.25) is 0 Å². The summed E-state index contributed by atoms with van der Waals surface area (Å²) in [5.41, 5.74) is 1.93. The second kappa shape index (κ2) is 6.05. The number of urea groups is 1. The minimum atomic E-state index is -0.239. The van der Waals surface area contributed by atoms with E-state index in [4.69, 9.17) is 0 Å². The largest absolute Gasteiger partial charge is 0.323 e. The summed E-state index contributed by atoms with van der Waals surface area (Å²) in [5, 5.41) is 5.49. The highest BCUT2D eigenvalue weighted by Gasteiger charge is 2.12. The number of halogens is 1. The lowest BCUT2D eigenvalue weighted by molar-refractivity contribution is 0.255. The summed E-state index contributed by atoms with van der Waals surface area (Å²) in [6.45, 7) is 8.31. The fourth-order valence-corrected chi connectivity index (χ4v) is 1.52. The average Bonchev–Trinajstić information content (AvgIpc) is 2.24. The van der Waals surface area contributed by atoms with Gasteiger partial charge in [-0.3, -0.25) is 0 Å². The third kappa shape index (κ3) is 4.92. The fourth-order valence-electron chi connectivity index (χ4n) is 1.12. The van der Waals surface area contributed by atoms with Crippen molar-refractivity contribution in [2.75, 3.05) is 5.32 Å². The van der Waals surface area contributed by atoms with Gasteiger partial charge in [-0.2, -0.15) is 0 Å². The maximum absolute atomic E-state index is 11.7. The van der Waals surface area contributed by atoms with Crippen LogP contribution in [0, 0.1) is 5.41 Å². The zero-order valence-corrected chi connectivity index (χ0v) is 12.8. The molecule has 3 nitrogen and oxygen atoms in total. The summed E-state index contributed by atoms with van der Waals surface area (Å²) in [4.78, 5) is 11.7. The number of rotatable bonds is 2. The molecular formula is C14H19BrN2O. The topological polar surface area (TPSA) is 41.1 Å². The minimum absolute atomic E-state index is 0.0586. The molecule has 0 heterocycles. The lowest BCUT2D eigenvalue weighted by atomic mass is 9.88. The van der Waals surface area contributed by atoms with Crippen molar-refractivity contribution in [2.45, 2.75) is 27.7 Å². The van der Waals surface area contributed by atoms with Gasteiger partial charge in [0.25, 0.3) is 0 Å². The number of nitrogens with one attached hydrogen (secondary N) is 2. The molecule has 1 aromatic carbocycles. The summed E-state index contributed by atoms with van der Waals surface area (Å²) >= 11 is 3.36. The smallest absolute Gasteiger partial charge is 0.314 e. The van der Waals surface area contributed by atoms with E-state index in [2.05, 4.69) is 47.3 Å². The van der Waals surface area contributed by atoms with Crippen molar-refractivity contribution in [3.05, 3.63) is 40.5 Å². The van der Waals surface area contributed by atoms with Crippen LogP contribution in [0.4, 0.5) is 10.5 Å². The molecule has 0 saturated heterocycles. The van der Waals surface area contributed by atoms with Gasteiger partial charge in [-0.1, -0.05) is 48.3 Å². The number of carbonyl (C=O) groups is 1. The van der Waals surface area contributed by atoms with Gasteiger partial charge >= 0.3 is 6.03 Å². The molecule has 4 heteroatoms. The summed E-state index contributed by atoms with van der Waals surface area (Å²) < 4.78 is 0.932. The summed E-state index contributed by atoms with van der Waals surface area (Å²) in [6, 6.07) is 7.23. The molecule has 0 bridgehead atoms. The first-order chi connectivity index (χ1) is 8.29. The van der Waals surface area contributed by atoms with Crippen LogP contribution in [0.5, 0.6) is 0 Å². The van der Waals surface area contributed by atoms with Gasteiger partial charge in [-0.05, 0) is 30.5 Å². The van der Waals surface area contributed by atoms with Crippen LogP contribution in [0.3, 0.4) is 0 Å². The Morgan fingerprint density at radius 2 is 2.00 bits per heavy atom. The van der Waals surface area contributed by atoms with E-state index in [1.54, 1.807) is 6.20 Å². The van der Waals surface area contributed by atoms with Crippen molar-refractivity contribution in [3.63, 3.8) is 0 Å². The van der Waals surface area contributed by atoms with E-state index >= 15 is 0 Å². The average molecular weight is 311 g/mol. The first kappa shape index (κ1) is 14.8. The highest BCUT2D eigenvalue weighted by Crippen LogP contribution is 2.23. The molecule has 0 spiro atoms. The van der Waals surface area contributed by atoms with Gasteiger partial charge in [-0.25, -0.2) is 4.79 Å². The molecule has 1 rings (SSSR count). The molecule has 0 radical (unpaired) electrons. The van der Waals surface area contributed by atoms with Crippen LogP contribution in [-0.2, 0) is 0 Å². The van der Waals surface area contributed by atoms with Crippen molar-refractivity contribution >= 4 is 27.6 Å². The van der Waals surface area contributed by atoms with E-state index in [1.807, 2.05) is 31.2 Å². The maximum Gasteiger partial charge on any atom is 0.323 e. The van der Waals surface area contributed by atoms with Crippen LogP contribution in [0.2, 0.25) is 0 Å². The summed E-state index contributed by atoms with van der Waals surface area (Å²) in [5.74, 6) is 0. The second-order valence-corrected chi connectivity index (χ2v) is 6.10. The zero-order valence-electron chi connectivity index (χ0n) is 11.2. The second-order valence-electron chi connectivity index (χ2n) is 5.19. The highest BCUT2D eigenvalue weighted by atomic mass is 79.9. The number of hydrogen-bond donors (Lipinski definition) is 2. The first-order valence-electron chi connectivity index (χ1n) is 5.79. The fraction of sp³-hybridized carbons (Fsp3) is 0.357. The van der Waals surface area contributed by atoms with Crippen molar-refractivity contribution in [1.29, 1.82) is 0 Å². The Bertz CT molecular complexity index is 461. The molecule has 1 aromatic rings. The number of carbonyl (C=O) groups excluding carboxylic acids is 1. The number of benzene rings is 1. The van der Waals surface area contributed by atoms with Gasteiger partial charge < -0.3 is 10.6 Å². The Morgan fingerprint density at radius 3 is 2.56 bits per heavy atom. The van der Waals surface area contributed by atoms with Crippen molar-refractivity contribution < 1.29 is 4.79 Å². The van der Waals surface area contributed by atoms with E-state index in [0.29, 0.717) is 0 Å². The van der Waals surface area contributed by atoms with Gasteiger partial charge in [0.05, 0.1) is 0 Å². The van der Waals surface area contributed by atoms with Gasteiger partial charge in [0.15, 0.2) is 0 Å². The summed E-state index contributed by atoms with van der Waals surface area (Å²) in [7, 11) is 0. The Hall–Kier alpha value is -1.29. The lowest BCUT2D eigenvalue weighted by Crippen LogP contribution is -2.25. The quantitative estimate of drug-likeness (QED) is 0.828. The normalized spacial score (nSPS) is 12.2. The number of anilines is 1. The molecule has 0 saturated carbocycles. The number of amides is 2. The molecule has 0 aliphatic carbocycles. The molecule has 0 fully saturated rings. The maximum atomic E-state index is 11.7. The van der Waals surface area contributed by atoms with Crippen LogP contribution in [0.1, 0.15) is 27.7 Å². The Morgan fingerprint density at radius 1 is 1.33 bits per heavy atom. The molecule has 18 heavy (non-hydrogen) atoms. The molecule has 98 valence electrons. The molecule has 2 amide bonds. The molecule has 0 aromatic heterocycles. The highest BCUT2D eigenvalue weighted by molar-refractivity contribution is 9.10. The summed E-state index contributed by atoms with van der Waals surface area (Å²) in [6.07, 6.45) is 1.74. The van der Waals surface area contributed by atoms with E-state index in [1.165, 1.54) is 0 Å². The van der Waals surface area contributed by atoms with Crippen LogP contribution in [0.25, 0.3) is 0 Å². The third-order valence-corrected chi connectivity index (χ3v) is 3.18. The SMILES string of the molecule is C/C(=C\NC(=O)Nc1cccc(Br)c1)C(C)(C)C. The molecule has 0 aliphatic heterocycles.